The first-order chi connectivity index (χ1) is 13.2. The summed E-state index contributed by atoms with van der Waals surface area (Å²) < 4.78 is 5.06. The number of thiophene rings is 1. The van der Waals surface area contributed by atoms with E-state index in [4.69, 9.17) is 4.74 Å². The van der Waals surface area contributed by atoms with Crippen LogP contribution >= 0.6 is 23.1 Å². The fourth-order valence-corrected chi connectivity index (χ4v) is 4.14. The molecule has 0 aliphatic rings. The predicted molar refractivity (Wildman–Crippen MR) is 108 cm³/mol. The molecule has 3 aromatic rings. The summed E-state index contributed by atoms with van der Waals surface area (Å²) in [6, 6.07) is 18.0. The molecule has 2 aromatic carbocycles. The highest BCUT2D eigenvalue weighted by atomic mass is 32.2. The normalized spacial score (nSPS) is 10.3. The molecule has 0 saturated heterocycles. The largest absolute Gasteiger partial charge is 0.497 e. The Morgan fingerprint density at radius 3 is 2.41 bits per heavy atom. The fraction of sp³-hybridized carbons (Fsp3) is 0.100. The molecule has 0 bridgehead atoms. The molecule has 27 heavy (non-hydrogen) atoms. The van der Waals surface area contributed by atoms with Crippen LogP contribution in [0.15, 0.2) is 70.9 Å². The Hall–Kier alpha value is -2.77. The lowest BCUT2D eigenvalue weighted by atomic mass is 10.2. The van der Waals surface area contributed by atoms with Crippen LogP contribution in [0.3, 0.4) is 0 Å². The summed E-state index contributed by atoms with van der Waals surface area (Å²) in [7, 11) is 1.56. The minimum absolute atomic E-state index is 0.355. The Morgan fingerprint density at radius 1 is 0.963 bits per heavy atom. The smallest absolute Gasteiger partial charge is 0.270 e. The maximum Gasteiger partial charge on any atom is 0.270 e. The van der Waals surface area contributed by atoms with Gasteiger partial charge in [0, 0.05) is 21.1 Å². The van der Waals surface area contributed by atoms with Crippen molar-refractivity contribution >= 4 is 34.9 Å². The zero-order chi connectivity index (χ0) is 19.1. The molecule has 0 aliphatic heterocycles. The second kappa shape index (κ2) is 9.25. The summed E-state index contributed by atoms with van der Waals surface area (Å²) in [5.41, 5.74) is 5.87. The average Bonchev–Trinajstić information content (AvgIpc) is 3.24. The van der Waals surface area contributed by atoms with Crippen LogP contribution in [0.4, 0.5) is 0 Å². The molecule has 2 amide bonds. The number of hydrazine groups is 1. The summed E-state index contributed by atoms with van der Waals surface area (Å²) in [5.74, 6) is 0.702. The Bertz CT molecular complexity index is 909. The quantitative estimate of drug-likeness (QED) is 0.484. The van der Waals surface area contributed by atoms with Crippen molar-refractivity contribution in [1.82, 2.24) is 10.9 Å². The predicted octanol–water partition coefficient (Wildman–Crippen LogP) is 4.12. The van der Waals surface area contributed by atoms with Crippen molar-refractivity contribution in [2.75, 3.05) is 7.11 Å². The topological polar surface area (TPSA) is 67.4 Å². The standard InChI is InChI=1S/C20H18N2O3S2/c1-25-15-10-8-14(9-11-15)19(23)21-22-20(24)17-6-2-3-7-18(17)27-13-16-5-4-12-26-16/h2-12H,13H2,1H3,(H,21,23)(H,22,24). The van der Waals surface area contributed by atoms with Crippen LogP contribution in [-0.2, 0) is 5.75 Å². The first-order valence-electron chi connectivity index (χ1n) is 8.16. The average molecular weight is 399 g/mol. The molecule has 0 unspecified atom stereocenters. The molecule has 0 spiro atoms. The maximum absolute atomic E-state index is 12.5. The number of ether oxygens (including phenoxy) is 1. The second-order valence-electron chi connectivity index (χ2n) is 5.50. The van der Waals surface area contributed by atoms with E-state index in [0.29, 0.717) is 16.9 Å². The van der Waals surface area contributed by atoms with Crippen molar-refractivity contribution in [1.29, 1.82) is 0 Å². The first-order valence-corrected chi connectivity index (χ1v) is 10.0. The second-order valence-corrected chi connectivity index (χ2v) is 7.55. The van der Waals surface area contributed by atoms with Gasteiger partial charge in [0.1, 0.15) is 5.75 Å². The Balaban J connectivity index is 1.61. The van der Waals surface area contributed by atoms with Crippen LogP contribution < -0.4 is 15.6 Å². The minimum Gasteiger partial charge on any atom is -0.497 e. The molecule has 1 heterocycles. The van der Waals surface area contributed by atoms with Crippen LogP contribution in [0.5, 0.6) is 5.75 Å². The third-order valence-electron chi connectivity index (χ3n) is 3.72. The number of carbonyl (C=O) groups excluding carboxylic acids is 2. The number of nitrogens with one attached hydrogen (secondary N) is 2. The molecule has 3 rings (SSSR count). The molecule has 0 aliphatic carbocycles. The Kier molecular flexibility index (Phi) is 6.51. The summed E-state index contributed by atoms with van der Waals surface area (Å²) in [6.07, 6.45) is 0. The lowest BCUT2D eigenvalue weighted by Gasteiger charge is -2.11. The molecule has 7 heteroatoms. The van der Waals surface area contributed by atoms with Crippen LogP contribution in [0.1, 0.15) is 25.6 Å². The van der Waals surface area contributed by atoms with Crippen molar-refractivity contribution in [3.05, 3.63) is 82.0 Å². The van der Waals surface area contributed by atoms with E-state index in [1.807, 2.05) is 23.6 Å². The van der Waals surface area contributed by atoms with Crippen LogP contribution in [0, 0.1) is 0 Å². The van der Waals surface area contributed by atoms with Crippen LogP contribution in [0.25, 0.3) is 0 Å². The van der Waals surface area contributed by atoms with E-state index in [1.165, 1.54) is 4.88 Å². The molecule has 2 N–H and O–H groups in total. The van der Waals surface area contributed by atoms with Gasteiger partial charge in [0.15, 0.2) is 0 Å². The number of rotatable bonds is 6. The highest BCUT2D eigenvalue weighted by molar-refractivity contribution is 7.98. The van der Waals surface area contributed by atoms with Crippen molar-refractivity contribution in [3.8, 4) is 5.75 Å². The first kappa shape index (κ1) is 19.0. The number of carbonyl (C=O) groups is 2. The highest BCUT2D eigenvalue weighted by Crippen LogP contribution is 2.27. The van der Waals surface area contributed by atoms with Gasteiger partial charge in [-0.1, -0.05) is 18.2 Å². The molecule has 0 atom stereocenters. The van der Waals surface area contributed by atoms with Crippen molar-refractivity contribution in [2.24, 2.45) is 0 Å². The van der Waals surface area contributed by atoms with Crippen molar-refractivity contribution in [2.45, 2.75) is 10.6 Å². The number of methoxy groups -OCH3 is 1. The van der Waals surface area contributed by atoms with Gasteiger partial charge in [-0.3, -0.25) is 20.4 Å². The monoisotopic (exact) mass is 398 g/mol. The van der Waals surface area contributed by atoms with E-state index < -0.39 is 5.91 Å². The van der Waals surface area contributed by atoms with Gasteiger partial charge in [0.05, 0.1) is 12.7 Å². The molecule has 138 valence electrons. The highest BCUT2D eigenvalue weighted by Gasteiger charge is 2.13. The van der Waals surface area contributed by atoms with E-state index in [1.54, 1.807) is 66.6 Å². The van der Waals surface area contributed by atoms with Crippen LogP contribution in [-0.4, -0.2) is 18.9 Å². The fourth-order valence-electron chi connectivity index (χ4n) is 2.32. The number of thioether (sulfide) groups is 1. The minimum atomic E-state index is -0.394. The number of benzene rings is 2. The Morgan fingerprint density at radius 2 is 1.70 bits per heavy atom. The number of amides is 2. The maximum atomic E-state index is 12.5. The van der Waals surface area contributed by atoms with Gasteiger partial charge in [-0.2, -0.15) is 0 Å². The van der Waals surface area contributed by atoms with E-state index in [-0.39, 0.29) is 5.91 Å². The summed E-state index contributed by atoms with van der Waals surface area (Å²) >= 11 is 3.27. The SMILES string of the molecule is COc1ccc(C(=O)NNC(=O)c2ccccc2SCc2cccs2)cc1. The van der Waals surface area contributed by atoms with Gasteiger partial charge >= 0.3 is 0 Å². The van der Waals surface area contributed by atoms with Crippen molar-refractivity contribution in [3.63, 3.8) is 0 Å². The van der Waals surface area contributed by atoms with Gasteiger partial charge in [-0.05, 0) is 47.8 Å². The van der Waals surface area contributed by atoms with E-state index >= 15 is 0 Å². The van der Waals surface area contributed by atoms with Crippen LogP contribution in [0.2, 0.25) is 0 Å². The zero-order valence-electron chi connectivity index (χ0n) is 14.6. The van der Waals surface area contributed by atoms with Gasteiger partial charge < -0.3 is 4.74 Å². The van der Waals surface area contributed by atoms with E-state index in [0.717, 1.165) is 10.6 Å². The Labute approximate surface area is 165 Å². The lowest BCUT2D eigenvalue weighted by Crippen LogP contribution is -2.41. The molecular weight excluding hydrogens is 380 g/mol. The van der Waals surface area contributed by atoms with Gasteiger partial charge in [-0.15, -0.1) is 23.1 Å². The molecule has 1 aromatic heterocycles. The summed E-state index contributed by atoms with van der Waals surface area (Å²) in [5, 5.41) is 2.03. The van der Waals surface area contributed by atoms with Crippen molar-refractivity contribution < 1.29 is 14.3 Å². The number of hydrogen-bond acceptors (Lipinski definition) is 5. The van der Waals surface area contributed by atoms with E-state index in [9.17, 15) is 9.59 Å². The molecular formula is C20H18N2O3S2. The molecule has 0 saturated carbocycles. The third kappa shape index (κ3) is 5.12. The zero-order valence-corrected chi connectivity index (χ0v) is 16.2. The van der Waals surface area contributed by atoms with Gasteiger partial charge in [0.25, 0.3) is 11.8 Å². The number of hydrogen-bond donors (Lipinski definition) is 2. The van der Waals surface area contributed by atoms with E-state index in [2.05, 4.69) is 16.9 Å². The summed E-state index contributed by atoms with van der Waals surface area (Å²) in [4.78, 5) is 26.8. The van der Waals surface area contributed by atoms with Gasteiger partial charge in [0.2, 0.25) is 0 Å². The van der Waals surface area contributed by atoms with Gasteiger partial charge in [-0.25, -0.2) is 0 Å². The molecule has 5 nitrogen and oxygen atoms in total. The molecule has 0 fully saturated rings. The third-order valence-corrected chi connectivity index (χ3v) is 5.90. The molecule has 0 radical (unpaired) electrons. The summed E-state index contributed by atoms with van der Waals surface area (Å²) in [6.45, 7) is 0. The lowest BCUT2D eigenvalue weighted by molar-refractivity contribution is 0.0845.